The van der Waals surface area contributed by atoms with Crippen LogP contribution in [0.2, 0.25) is 0 Å². The summed E-state index contributed by atoms with van der Waals surface area (Å²) < 4.78 is 20.2. The third kappa shape index (κ3) is 4.03. The Labute approximate surface area is 184 Å². The zero-order chi connectivity index (χ0) is 23.0. The molecular weight excluding hydrogens is 411 g/mol. The van der Waals surface area contributed by atoms with Crippen LogP contribution in [0.25, 0.3) is 22.3 Å². The first-order valence-corrected chi connectivity index (χ1v) is 10.3. The fraction of sp³-hybridized carbons (Fsp3) is 0.250. The van der Waals surface area contributed by atoms with E-state index in [-0.39, 0.29) is 24.1 Å². The van der Waals surface area contributed by atoms with Crippen LogP contribution < -0.4 is 0 Å². The minimum atomic E-state index is -0.576. The number of hydrogen-bond donors (Lipinski definition) is 1. The fourth-order valence-electron chi connectivity index (χ4n) is 3.53. The van der Waals surface area contributed by atoms with Gasteiger partial charge in [0, 0.05) is 29.3 Å². The number of nitrogens with zero attached hydrogens (tertiary/aromatic N) is 3. The molecule has 0 aliphatic heterocycles. The van der Waals surface area contributed by atoms with Crippen molar-refractivity contribution in [3.05, 3.63) is 70.9 Å². The molecule has 164 valence electrons. The molecule has 7 nitrogen and oxygen atoms in total. The molecular formula is C24H23FN4O3. The summed E-state index contributed by atoms with van der Waals surface area (Å²) in [5.74, 6) is -0.491. The van der Waals surface area contributed by atoms with Crippen LogP contribution in [-0.4, -0.2) is 37.7 Å². The number of halogens is 1. The third-order valence-electron chi connectivity index (χ3n) is 5.24. The molecule has 0 radical (unpaired) electrons. The smallest absolute Gasteiger partial charge is 0.420 e. The Morgan fingerprint density at radius 1 is 1.16 bits per heavy atom. The molecule has 0 aliphatic rings. The van der Waals surface area contributed by atoms with Gasteiger partial charge in [0.25, 0.3) is 0 Å². The minimum Gasteiger partial charge on any atom is -0.446 e. The fourth-order valence-corrected chi connectivity index (χ4v) is 3.53. The second-order valence-electron chi connectivity index (χ2n) is 7.98. The number of benzene rings is 1. The molecule has 4 aromatic rings. The zero-order valence-electron chi connectivity index (χ0n) is 18.3. The van der Waals surface area contributed by atoms with Crippen molar-refractivity contribution in [3.8, 4) is 11.3 Å². The third-order valence-corrected chi connectivity index (χ3v) is 5.24. The lowest BCUT2D eigenvalue weighted by Gasteiger charge is -2.12. The molecule has 3 heterocycles. The number of nitrogens with one attached hydrogen (secondary N) is 1. The van der Waals surface area contributed by atoms with E-state index in [4.69, 9.17) is 4.74 Å². The van der Waals surface area contributed by atoms with Gasteiger partial charge in [0.1, 0.15) is 17.2 Å². The highest BCUT2D eigenvalue weighted by atomic mass is 19.1. The van der Waals surface area contributed by atoms with Gasteiger partial charge in [0.2, 0.25) is 0 Å². The van der Waals surface area contributed by atoms with E-state index in [0.29, 0.717) is 33.5 Å². The van der Waals surface area contributed by atoms with Gasteiger partial charge in [-0.2, -0.15) is 5.10 Å². The Kier molecular flexibility index (Phi) is 5.61. The van der Waals surface area contributed by atoms with Crippen molar-refractivity contribution in [1.82, 2.24) is 19.7 Å². The number of aromatic amines is 1. The van der Waals surface area contributed by atoms with Crippen LogP contribution in [-0.2, 0) is 11.2 Å². The molecule has 0 unspecified atom stereocenters. The molecule has 1 aromatic carbocycles. The van der Waals surface area contributed by atoms with E-state index < -0.39 is 6.09 Å². The quantitative estimate of drug-likeness (QED) is 0.447. The van der Waals surface area contributed by atoms with E-state index in [1.165, 1.54) is 16.7 Å². The van der Waals surface area contributed by atoms with Gasteiger partial charge >= 0.3 is 6.09 Å². The van der Waals surface area contributed by atoms with E-state index in [1.807, 2.05) is 19.9 Å². The molecule has 0 bridgehead atoms. The molecule has 0 saturated heterocycles. The van der Waals surface area contributed by atoms with Crippen molar-refractivity contribution in [2.24, 2.45) is 0 Å². The highest BCUT2D eigenvalue weighted by Crippen LogP contribution is 2.29. The number of carbonyl (C=O) groups excluding carboxylic acids is 2. The number of fused-ring (bicyclic) bond motifs is 1. The molecule has 1 N–H and O–H groups in total. The molecule has 3 aromatic heterocycles. The average Bonchev–Trinajstić information content (AvgIpc) is 3.28. The van der Waals surface area contributed by atoms with Crippen LogP contribution in [0.15, 0.2) is 42.6 Å². The number of aryl methyl sites for hydroxylation is 1. The standard InChI is InChI=1S/C24H23FN4O3/c1-13(2)32-24(31)29-20(17-5-7-19(25)8-6-17)11-18-9-16(12-26-23(18)29)10-21(30)22-14(3)15(4)27-28-22/h5-9,11-13H,10H2,1-4H3,(H,27,28). The lowest BCUT2D eigenvalue weighted by atomic mass is 10.0. The van der Waals surface area contributed by atoms with Crippen LogP contribution in [0.3, 0.4) is 0 Å². The van der Waals surface area contributed by atoms with E-state index >= 15 is 0 Å². The van der Waals surface area contributed by atoms with Gasteiger partial charge in [-0.15, -0.1) is 0 Å². The molecule has 0 saturated carbocycles. The summed E-state index contributed by atoms with van der Waals surface area (Å²) in [6.07, 6.45) is 0.802. The second kappa shape index (κ2) is 8.37. The largest absolute Gasteiger partial charge is 0.446 e. The second-order valence-corrected chi connectivity index (χ2v) is 7.98. The van der Waals surface area contributed by atoms with Crippen LogP contribution in [0.4, 0.5) is 9.18 Å². The number of aromatic nitrogens is 4. The number of pyridine rings is 1. The number of H-pyrrole nitrogens is 1. The van der Waals surface area contributed by atoms with Gasteiger partial charge in [0.05, 0.1) is 11.8 Å². The Morgan fingerprint density at radius 3 is 2.50 bits per heavy atom. The maximum Gasteiger partial charge on any atom is 0.420 e. The Bertz CT molecular complexity index is 1320. The first kappa shape index (κ1) is 21.4. The Hall–Kier alpha value is -3.81. The Balaban J connectivity index is 1.76. The molecule has 0 atom stereocenters. The number of carbonyl (C=O) groups is 2. The molecule has 4 rings (SSSR count). The maximum atomic E-state index is 13.4. The maximum absolute atomic E-state index is 13.4. The topological polar surface area (TPSA) is 89.9 Å². The van der Waals surface area contributed by atoms with Gasteiger partial charge in [-0.3, -0.25) is 9.89 Å². The number of rotatable bonds is 5. The van der Waals surface area contributed by atoms with Crippen LogP contribution in [0.1, 0.15) is 41.2 Å². The number of ketones is 1. The van der Waals surface area contributed by atoms with Crippen molar-refractivity contribution < 1.29 is 18.7 Å². The molecule has 32 heavy (non-hydrogen) atoms. The first-order valence-electron chi connectivity index (χ1n) is 10.3. The molecule has 0 spiro atoms. The Morgan fingerprint density at radius 2 is 1.88 bits per heavy atom. The highest BCUT2D eigenvalue weighted by molar-refractivity contribution is 5.98. The molecule has 0 aliphatic carbocycles. The van der Waals surface area contributed by atoms with Crippen molar-refractivity contribution >= 4 is 22.9 Å². The van der Waals surface area contributed by atoms with Crippen molar-refractivity contribution in [2.75, 3.05) is 0 Å². The zero-order valence-corrected chi connectivity index (χ0v) is 18.3. The monoisotopic (exact) mass is 434 g/mol. The van der Waals surface area contributed by atoms with Crippen LogP contribution >= 0.6 is 0 Å². The van der Waals surface area contributed by atoms with E-state index in [0.717, 1.165) is 11.3 Å². The number of hydrogen-bond acceptors (Lipinski definition) is 5. The van der Waals surface area contributed by atoms with Gasteiger partial charge in [-0.1, -0.05) is 0 Å². The SMILES string of the molecule is Cc1[nH]nc(C(=O)Cc2cnc3c(c2)cc(-c2ccc(F)cc2)n3C(=O)OC(C)C)c1C. The van der Waals surface area contributed by atoms with E-state index in [1.54, 1.807) is 38.2 Å². The summed E-state index contributed by atoms with van der Waals surface area (Å²) in [6.45, 7) is 7.24. The highest BCUT2D eigenvalue weighted by Gasteiger charge is 2.21. The average molecular weight is 434 g/mol. The van der Waals surface area contributed by atoms with Crippen molar-refractivity contribution in [3.63, 3.8) is 0 Å². The lowest BCUT2D eigenvalue weighted by Crippen LogP contribution is -2.19. The normalized spacial score (nSPS) is 11.3. The predicted molar refractivity (Wildman–Crippen MR) is 118 cm³/mol. The van der Waals surface area contributed by atoms with E-state index in [9.17, 15) is 14.0 Å². The summed E-state index contributed by atoms with van der Waals surface area (Å²) in [7, 11) is 0. The minimum absolute atomic E-state index is 0.120. The van der Waals surface area contributed by atoms with Gasteiger partial charge < -0.3 is 4.74 Å². The van der Waals surface area contributed by atoms with Crippen LogP contribution in [0.5, 0.6) is 0 Å². The molecule has 8 heteroatoms. The predicted octanol–water partition coefficient (Wildman–Crippen LogP) is 5.00. The van der Waals surface area contributed by atoms with Crippen molar-refractivity contribution in [2.45, 2.75) is 40.2 Å². The molecule has 0 fully saturated rings. The van der Waals surface area contributed by atoms with E-state index in [2.05, 4.69) is 15.2 Å². The summed E-state index contributed by atoms with van der Waals surface area (Å²) >= 11 is 0. The van der Waals surface area contributed by atoms with Gasteiger partial charge in [-0.25, -0.2) is 18.7 Å². The summed E-state index contributed by atoms with van der Waals surface area (Å²) in [5, 5.41) is 7.60. The van der Waals surface area contributed by atoms with Crippen LogP contribution in [0, 0.1) is 19.7 Å². The summed E-state index contributed by atoms with van der Waals surface area (Å²) in [5.41, 5.74) is 4.36. The summed E-state index contributed by atoms with van der Waals surface area (Å²) in [6, 6.07) is 9.45. The van der Waals surface area contributed by atoms with Gasteiger partial charge in [0.15, 0.2) is 5.78 Å². The first-order chi connectivity index (χ1) is 15.2. The van der Waals surface area contributed by atoms with Gasteiger partial charge in [-0.05, 0) is 75.2 Å². The lowest BCUT2D eigenvalue weighted by molar-refractivity contribution is 0.0987. The molecule has 0 amide bonds. The summed E-state index contributed by atoms with van der Waals surface area (Å²) in [4.78, 5) is 30.0. The number of Topliss-reactive ketones (excluding diaryl/α,β-unsaturated/α-hetero) is 1. The number of ether oxygens (including phenoxy) is 1. The van der Waals surface area contributed by atoms with Crippen molar-refractivity contribution in [1.29, 1.82) is 0 Å².